The Morgan fingerprint density at radius 3 is 2.58 bits per heavy atom. The van der Waals surface area contributed by atoms with Gasteiger partial charge in [0.15, 0.2) is 0 Å². The Kier molecular flexibility index (Phi) is 5.37. The molecule has 1 aliphatic rings. The van der Waals surface area contributed by atoms with Gasteiger partial charge < -0.3 is 4.57 Å². The second-order valence-corrected chi connectivity index (χ2v) is 10.4. The van der Waals surface area contributed by atoms with Crippen LogP contribution < -0.4 is 0 Å². The smallest absolute Gasteiger partial charge is 0.141 e. The zero-order valence-corrected chi connectivity index (χ0v) is 20.6. The molecule has 3 aromatic heterocycles. The van der Waals surface area contributed by atoms with Crippen molar-refractivity contribution in [1.82, 2.24) is 19.3 Å². The fraction of sp³-hybridized carbons (Fsp3) is 0.300. The lowest BCUT2D eigenvalue weighted by atomic mass is 9.75. The van der Waals surface area contributed by atoms with Crippen LogP contribution in [0, 0.1) is 22.6 Å². The van der Waals surface area contributed by atoms with Gasteiger partial charge in [0.1, 0.15) is 11.9 Å². The summed E-state index contributed by atoms with van der Waals surface area (Å²) in [6.07, 6.45) is 12.3. The van der Waals surface area contributed by atoms with Crippen molar-refractivity contribution in [3.05, 3.63) is 72.4 Å². The summed E-state index contributed by atoms with van der Waals surface area (Å²) in [5.41, 5.74) is 5.74. The number of nitrogens with zero attached hydrogens (tertiary/aromatic N) is 5. The molecule has 6 rings (SSSR count). The van der Waals surface area contributed by atoms with Gasteiger partial charge in [-0.25, -0.2) is 4.39 Å². The Bertz CT molecular complexity index is 1650. The van der Waals surface area contributed by atoms with Crippen LogP contribution >= 0.6 is 0 Å². The standard InChI is InChI=1S/C30H28FN5/c1-30(11-4-3-5-12-30)19-36-13-10-24-27(36)18-33-29(21-8-9-26-23(14-21)17-34-35(26)2)28(24)20-6-7-22(16-32)25(31)15-20/h6-10,13-15,17-18H,3-5,11-12,19H2,1-2H3. The zero-order valence-electron chi connectivity index (χ0n) is 20.6. The number of pyridine rings is 1. The third kappa shape index (κ3) is 3.76. The number of aromatic nitrogens is 4. The van der Waals surface area contributed by atoms with Gasteiger partial charge in [-0.3, -0.25) is 9.67 Å². The summed E-state index contributed by atoms with van der Waals surface area (Å²) >= 11 is 0. The molecule has 1 saturated carbocycles. The Morgan fingerprint density at radius 2 is 1.81 bits per heavy atom. The number of fused-ring (bicyclic) bond motifs is 2. The molecule has 0 atom stereocenters. The molecule has 0 bridgehead atoms. The van der Waals surface area contributed by atoms with Crippen LogP contribution in [-0.2, 0) is 13.6 Å². The number of hydrogen-bond acceptors (Lipinski definition) is 3. The third-order valence-electron chi connectivity index (χ3n) is 7.84. The minimum absolute atomic E-state index is 0.0417. The zero-order chi connectivity index (χ0) is 24.9. The summed E-state index contributed by atoms with van der Waals surface area (Å²) in [7, 11) is 1.92. The van der Waals surface area contributed by atoms with Gasteiger partial charge in [-0.1, -0.05) is 38.3 Å². The van der Waals surface area contributed by atoms with Gasteiger partial charge in [-0.15, -0.1) is 0 Å². The van der Waals surface area contributed by atoms with Crippen LogP contribution in [-0.4, -0.2) is 19.3 Å². The van der Waals surface area contributed by atoms with Crippen molar-refractivity contribution in [2.75, 3.05) is 0 Å². The highest BCUT2D eigenvalue weighted by Crippen LogP contribution is 2.41. The summed E-state index contributed by atoms with van der Waals surface area (Å²) in [6, 6.07) is 15.1. The van der Waals surface area contributed by atoms with Gasteiger partial charge in [-0.2, -0.15) is 10.4 Å². The first-order valence-corrected chi connectivity index (χ1v) is 12.6. The van der Waals surface area contributed by atoms with Crippen molar-refractivity contribution in [3.8, 4) is 28.5 Å². The van der Waals surface area contributed by atoms with Crippen molar-refractivity contribution < 1.29 is 4.39 Å². The first-order chi connectivity index (χ1) is 17.5. The van der Waals surface area contributed by atoms with Crippen LogP contribution in [0.1, 0.15) is 44.6 Å². The normalized spacial score (nSPS) is 15.4. The van der Waals surface area contributed by atoms with E-state index in [1.165, 1.54) is 38.2 Å². The number of nitriles is 1. The maximum Gasteiger partial charge on any atom is 0.141 e. The van der Waals surface area contributed by atoms with E-state index in [0.717, 1.165) is 45.2 Å². The van der Waals surface area contributed by atoms with Gasteiger partial charge in [0.2, 0.25) is 0 Å². The number of rotatable bonds is 4. The van der Waals surface area contributed by atoms with Crippen molar-refractivity contribution >= 4 is 21.8 Å². The van der Waals surface area contributed by atoms with E-state index < -0.39 is 5.82 Å². The average Bonchev–Trinajstić information content (AvgIpc) is 3.46. The fourth-order valence-corrected chi connectivity index (χ4v) is 5.85. The summed E-state index contributed by atoms with van der Waals surface area (Å²) in [5.74, 6) is -0.519. The van der Waals surface area contributed by atoms with E-state index in [9.17, 15) is 9.65 Å². The molecule has 6 heteroatoms. The molecule has 1 fully saturated rings. The summed E-state index contributed by atoms with van der Waals surface area (Å²) in [5, 5.41) is 15.7. The van der Waals surface area contributed by atoms with E-state index in [4.69, 9.17) is 4.98 Å². The molecule has 3 heterocycles. The van der Waals surface area contributed by atoms with Crippen molar-refractivity contribution in [2.45, 2.75) is 45.6 Å². The molecular formula is C30H28FN5. The molecule has 0 unspecified atom stereocenters. The summed E-state index contributed by atoms with van der Waals surface area (Å²) in [6.45, 7) is 3.33. The average molecular weight is 478 g/mol. The largest absolute Gasteiger partial charge is 0.346 e. The molecule has 0 saturated heterocycles. The predicted molar refractivity (Wildman–Crippen MR) is 141 cm³/mol. The molecular weight excluding hydrogens is 449 g/mol. The summed E-state index contributed by atoms with van der Waals surface area (Å²) < 4.78 is 18.9. The highest BCUT2D eigenvalue weighted by molar-refractivity contribution is 6.02. The second-order valence-electron chi connectivity index (χ2n) is 10.4. The van der Waals surface area contributed by atoms with Crippen LogP contribution in [0.3, 0.4) is 0 Å². The van der Waals surface area contributed by atoms with Crippen molar-refractivity contribution in [2.24, 2.45) is 12.5 Å². The lowest BCUT2D eigenvalue weighted by Gasteiger charge is -2.34. The number of halogens is 1. The highest BCUT2D eigenvalue weighted by Gasteiger charge is 2.28. The molecule has 0 amide bonds. The van der Waals surface area contributed by atoms with Crippen LogP contribution in [0.2, 0.25) is 0 Å². The van der Waals surface area contributed by atoms with Crippen molar-refractivity contribution in [1.29, 1.82) is 5.26 Å². The van der Waals surface area contributed by atoms with Crippen LogP contribution in [0.5, 0.6) is 0 Å². The van der Waals surface area contributed by atoms with Crippen LogP contribution in [0.25, 0.3) is 44.2 Å². The predicted octanol–water partition coefficient (Wildman–Crippen LogP) is 7.24. The minimum atomic E-state index is -0.519. The van der Waals surface area contributed by atoms with E-state index in [-0.39, 0.29) is 11.0 Å². The Morgan fingerprint density at radius 1 is 1.00 bits per heavy atom. The quantitative estimate of drug-likeness (QED) is 0.274. The Balaban J connectivity index is 1.55. The van der Waals surface area contributed by atoms with Gasteiger partial charge in [0, 0.05) is 41.7 Å². The molecule has 5 aromatic rings. The maximum atomic E-state index is 14.8. The highest BCUT2D eigenvalue weighted by atomic mass is 19.1. The Hall–Kier alpha value is -3.98. The fourth-order valence-electron chi connectivity index (χ4n) is 5.85. The van der Waals surface area contributed by atoms with Gasteiger partial charge >= 0.3 is 0 Å². The lowest BCUT2D eigenvalue weighted by Crippen LogP contribution is -2.25. The second kappa shape index (κ2) is 8.60. The van der Waals surface area contributed by atoms with Crippen LogP contribution in [0.4, 0.5) is 4.39 Å². The third-order valence-corrected chi connectivity index (χ3v) is 7.84. The van der Waals surface area contributed by atoms with E-state index >= 15 is 0 Å². The van der Waals surface area contributed by atoms with E-state index in [1.54, 1.807) is 6.07 Å². The van der Waals surface area contributed by atoms with Gasteiger partial charge in [0.05, 0.1) is 34.7 Å². The van der Waals surface area contributed by atoms with E-state index in [0.29, 0.717) is 5.56 Å². The molecule has 5 nitrogen and oxygen atoms in total. The van der Waals surface area contributed by atoms with Gasteiger partial charge in [0.25, 0.3) is 0 Å². The van der Waals surface area contributed by atoms with Gasteiger partial charge in [-0.05, 0) is 54.2 Å². The monoisotopic (exact) mass is 477 g/mol. The van der Waals surface area contributed by atoms with E-state index in [2.05, 4.69) is 34.9 Å². The SMILES string of the molecule is Cn1ncc2cc(-c3ncc4c(ccn4CC4(C)CCCCC4)c3-c3ccc(C#N)c(F)c3)ccc21. The molecule has 1 aliphatic carbocycles. The first-order valence-electron chi connectivity index (χ1n) is 12.6. The van der Waals surface area contributed by atoms with Crippen LogP contribution in [0.15, 0.2) is 61.1 Å². The van der Waals surface area contributed by atoms with E-state index in [1.807, 2.05) is 48.4 Å². The molecule has 0 N–H and O–H groups in total. The molecule has 0 spiro atoms. The Labute approximate surface area is 209 Å². The molecule has 2 aromatic carbocycles. The minimum Gasteiger partial charge on any atom is -0.346 e. The lowest BCUT2D eigenvalue weighted by molar-refractivity contribution is 0.185. The molecule has 36 heavy (non-hydrogen) atoms. The molecule has 180 valence electrons. The molecule has 0 radical (unpaired) electrons. The topological polar surface area (TPSA) is 59.4 Å². The molecule has 0 aliphatic heterocycles. The number of hydrogen-bond donors (Lipinski definition) is 0. The number of benzene rings is 2. The first kappa shape index (κ1) is 22.5. The maximum absolute atomic E-state index is 14.8. The number of aryl methyl sites for hydroxylation is 1. The summed E-state index contributed by atoms with van der Waals surface area (Å²) in [4.78, 5) is 4.95. The van der Waals surface area contributed by atoms with Crippen molar-refractivity contribution in [3.63, 3.8) is 0 Å².